The molecule has 9 nitrogen and oxygen atoms in total. The summed E-state index contributed by atoms with van der Waals surface area (Å²) in [5.41, 5.74) is 6.98. The Hall–Kier alpha value is -2.94. The van der Waals surface area contributed by atoms with Crippen LogP contribution in [0.1, 0.15) is 58.9 Å². The van der Waals surface area contributed by atoms with Gasteiger partial charge >= 0.3 is 5.97 Å². The van der Waals surface area contributed by atoms with E-state index in [-0.39, 0.29) is 24.2 Å². The van der Waals surface area contributed by atoms with Gasteiger partial charge in [0.2, 0.25) is 17.7 Å². The van der Waals surface area contributed by atoms with Gasteiger partial charge in [0.25, 0.3) is 0 Å². The molecule has 1 saturated heterocycles. The number of nitrogens with two attached hydrogens (primary N) is 1. The highest BCUT2D eigenvalue weighted by Crippen LogP contribution is 2.21. The first-order valence-electron chi connectivity index (χ1n) is 12.5. The number of benzene rings is 1. The van der Waals surface area contributed by atoms with Crippen molar-refractivity contribution in [2.45, 2.75) is 84.0 Å². The van der Waals surface area contributed by atoms with Gasteiger partial charge in [0.15, 0.2) is 0 Å². The summed E-state index contributed by atoms with van der Waals surface area (Å²) >= 11 is 0. The molecule has 1 aromatic carbocycles. The van der Waals surface area contributed by atoms with Gasteiger partial charge in [0, 0.05) is 13.0 Å². The third-order valence-electron chi connectivity index (χ3n) is 7.07. The Morgan fingerprint density at radius 1 is 1.06 bits per heavy atom. The normalized spacial score (nSPS) is 19.8. The average molecular weight is 489 g/mol. The Labute approximate surface area is 207 Å². The number of nitrogens with zero attached hydrogens (tertiary/aromatic N) is 1. The predicted octanol–water partition coefficient (Wildman–Crippen LogP) is 1.69. The molecule has 0 bridgehead atoms. The Balaban J connectivity index is 2.23. The number of carboxylic acids is 1. The lowest BCUT2D eigenvalue weighted by Crippen LogP contribution is -2.58. The summed E-state index contributed by atoms with van der Waals surface area (Å²) in [5.74, 6) is -2.67. The zero-order valence-corrected chi connectivity index (χ0v) is 21.2. The highest BCUT2D eigenvalue weighted by molar-refractivity contribution is 5.94. The third kappa shape index (κ3) is 7.52. The summed E-state index contributed by atoms with van der Waals surface area (Å²) in [5, 5.41) is 15.0. The highest BCUT2D eigenvalue weighted by atomic mass is 16.4. The molecule has 194 valence electrons. The van der Waals surface area contributed by atoms with E-state index < -0.39 is 42.0 Å². The Kier molecular flexibility index (Phi) is 10.7. The van der Waals surface area contributed by atoms with E-state index in [0.29, 0.717) is 25.8 Å². The van der Waals surface area contributed by atoms with Gasteiger partial charge in [-0.05, 0) is 30.2 Å². The van der Waals surface area contributed by atoms with Crippen LogP contribution < -0.4 is 16.4 Å². The fourth-order valence-corrected chi connectivity index (χ4v) is 4.27. The van der Waals surface area contributed by atoms with Crippen LogP contribution in [0.4, 0.5) is 0 Å². The maximum Gasteiger partial charge on any atom is 0.326 e. The van der Waals surface area contributed by atoms with Gasteiger partial charge in [0.1, 0.15) is 18.1 Å². The molecule has 3 amide bonds. The van der Waals surface area contributed by atoms with Crippen LogP contribution in [0, 0.1) is 11.8 Å². The van der Waals surface area contributed by atoms with Crippen LogP contribution in [-0.2, 0) is 25.6 Å². The van der Waals surface area contributed by atoms with Crippen molar-refractivity contribution in [1.29, 1.82) is 0 Å². The molecule has 2 rings (SSSR count). The average Bonchev–Trinajstić information content (AvgIpc) is 3.35. The Bertz CT molecular complexity index is 878. The van der Waals surface area contributed by atoms with E-state index in [2.05, 4.69) is 10.6 Å². The summed E-state index contributed by atoms with van der Waals surface area (Å²) in [4.78, 5) is 52.7. The van der Waals surface area contributed by atoms with Crippen LogP contribution in [0.25, 0.3) is 0 Å². The zero-order chi connectivity index (χ0) is 26.1. The summed E-state index contributed by atoms with van der Waals surface area (Å²) in [6, 6.07) is 5.87. The van der Waals surface area contributed by atoms with Crippen molar-refractivity contribution < 1.29 is 24.3 Å². The molecular weight excluding hydrogens is 448 g/mol. The smallest absolute Gasteiger partial charge is 0.326 e. The van der Waals surface area contributed by atoms with Crippen molar-refractivity contribution >= 4 is 23.7 Å². The van der Waals surface area contributed by atoms with Crippen molar-refractivity contribution in [1.82, 2.24) is 15.5 Å². The summed E-state index contributed by atoms with van der Waals surface area (Å²) in [7, 11) is 0. The molecule has 1 fully saturated rings. The predicted molar refractivity (Wildman–Crippen MR) is 133 cm³/mol. The number of amides is 3. The van der Waals surface area contributed by atoms with Crippen molar-refractivity contribution in [3.8, 4) is 0 Å². The molecule has 0 radical (unpaired) electrons. The molecule has 0 aromatic heterocycles. The molecule has 1 heterocycles. The van der Waals surface area contributed by atoms with Gasteiger partial charge in [-0.25, -0.2) is 4.79 Å². The van der Waals surface area contributed by atoms with E-state index in [1.807, 2.05) is 51.1 Å². The van der Waals surface area contributed by atoms with E-state index in [4.69, 9.17) is 5.73 Å². The number of nitrogens with one attached hydrogen (secondary N) is 2. The van der Waals surface area contributed by atoms with E-state index >= 15 is 0 Å². The van der Waals surface area contributed by atoms with Gasteiger partial charge < -0.3 is 26.4 Å². The monoisotopic (exact) mass is 488 g/mol. The van der Waals surface area contributed by atoms with Gasteiger partial charge in [0.05, 0.1) is 6.04 Å². The first kappa shape index (κ1) is 28.3. The van der Waals surface area contributed by atoms with E-state index in [9.17, 15) is 24.3 Å². The van der Waals surface area contributed by atoms with Gasteiger partial charge in [-0.15, -0.1) is 0 Å². The van der Waals surface area contributed by atoms with Crippen LogP contribution in [0.2, 0.25) is 0 Å². The summed E-state index contributed by atoms with van der Waals surface area (Å²) < 4.78 is 0. The zero-order valence-electron chi connectivity index (χ0n) is 21.2. The lowest BCUT2D eigenvalue weighted by atomic mass is 9.98. The number of aliphatic carboxylic acids is 1. The standard InChI is InChI=1S/C26H40N4O5/c1-5-16(3)21(27)24(32)28-19(15-18-11-8-7-9-12-18)25(33)30-14-10-13-20(30)23(31)29-22(26(34)35)17(4)6-2/h7-9,11-12,16-17,19-22H,5-6,10,13-15,27H2,1-4H3,(H,28,32)(H,29,31)(H,34,35). The van der Waals surface area contributed by atoms with E-state index in [0.717, 1.165) is 12.0 Å². The number of hydrogen-bond donors (Lipinski definition) is 4. The fraction of sp³-hybridized carbons (Fsp3) is 0.615. The van der Waals surface area contributed by atoms with Crippen LogP contribution in [0.3, 0.4) is 0 Å². The second kappa shape index (κ2) is 13.2. The fourth-order valence-electron chi connectivity index (χ4n) is 4.27. The first-order chi connectivity index (χ1) is 16.6. The van der Waals surface area contributed by atoms with Crippen molar-refractivity contribution in [2.24, 2.45) is 17.6 Å². The van der Waals surface area contributed by atoms with Gasteiger partial charge in [-0.3, -0.25) is 14.4 Å². The quantitative estimate of drug-likeness (QED) is 0.353. The molecule has 0 aliphatic carbocycles. The molecule has 1 aromatic rings. The van der Waals surface area contributed by atoms with Gasteiger partial charge in [-0.1, -0.05) is 70.9 Å². The molecule has 35 heavy (non-hydrogen) atoms. The second-order valence-electron chi connectivity index (χ2n) is 9.56. The van der Waals surface area contributed by atoms with Crippen LogP contribution in [-0.4, -0.2) is 64.4 Å². The van der Waals surface area contributed by atoms with Crippen molar-refractivity contribution in [2.75, 3.05) is 6.54 Å². The number of likely N-dealkylation sites (tertiary alicyclic amines) is 1. The number of carbonyl (C=O) groups is 4. The minimum Gasteiger partial charge on any atom is -0.480 e. The molecule has 0 spiro atoms. The second-order valence-corrected chi connectivity index (χ2v) is 9.56. The van der Waals surface area contributed by atoms with Crippen LogP contribution in [0.5, 0.6) is 0 Å². The SMILES string of the molecule is CCC(C)C(N)C(=O)NC(Cc1ccccc1)C(=O)N1CCCC1C(=O)NC(C(=O)O)C(C)CC. The lowest BCUT2D eigenvalue weighted by Gasteiger charge is -2.31. The minimum atomic E-state index is -1.10. The largest absolute Gasteiger partial charge is 0.480 e. The number of hydrogen-bond acceptors (Lipinski definition) is 5. The lowest BCUT2D eigenvalue weighted by molar-refractivity contribution is -0.146. The molecule has 1 aliphatic rings. The molecule has 1 aliphatic heterocycles. The van der Waals surface area contributed by atoms with Crippen molar-refractivity contribution in [3.05, 3.63) is 35.9 Å². The first-order valence-corrected chi connectivity index (χ1v) is 12.5. The van der Waals surface area contributed by atoms with Crippen molar-refractivity contribution in [3.63, 3.8) is 0 Å². The molecule has 6 atom stereocenters. The number of carboxylic acid groups (broad SMARTS) is 1. The maximum absolute atomic E-state index is 13.6. The third-order valence-corrected chi connectivity index (χ3v) is 7.07. The minimum absolute atomic E-state index is 0.0544. The molecule has 9 heteroatoms. The summed E-state index contributed by atoms with van der Waals surface area (Å²) in [6.07, 6.45) is 2.62. The molecule has 6 unspecified atom stereocenters. The summed E-state index contributed by atoms with van der Waals surface area (Å²) in [6.45, 7) is 7.81. The molecule has 5 N–H and O–H groups in total. The van der Waals surface area contributed by atoms with Gasteiger partial charge in [-0.2, -0.15) is 0 Å². The van der Waals surface area contributed by atoms with Crippen LogP contribution in [0.15, 0.2) is 30.3 Å². The highest BCUT2D eigenvalue weighted by Gasteiger charge is 2.40. The number of carbonyl (C=O) groups excluding carboxylic acids is 3. The Morgan fingerprint density at radius 2 is 1.69 bits per heavy atom. The van der Waals surface area contributed by atoms with E-state index in [1.54, 1.807) is 6.92 Å². The topological polar surface area (TPSA) is 142 Å². The molecule has 0 saturated carbocycles. The molecular formula is C26H40N4O5. The van der Waals surface area contributed by atoms with E-state index in [1.165, 1.54) is 4.90 Å². The van der Waals surface area contributed by atoms with Crippen LogP contribution >= 0.6 is 0 Å². The maximum atomic E-state index is 13.6. The number of rotatable bonds is 12. The Morgan fingerprint density at radius 3 is 2.26 bits per heavy atom.